The average Bonchev–Trinajstić information content (AvgIpc) is 2.25. The number of hydrogen-bond acceptors (Lipinski definition) is 3. The summed E-state index contributed by atoms with van der Waals surface area (Å²) in [6.07, 6.45) is 4.32. The zero-order valence-corrected chi connectivity index (χ0v) is 9.15. The number of rotatable bonds is 6. The summed E-state index contributed by atoms with van der Waals surface area (Å²) < 4.78 is 5.26. The van der Waals surface area contributed by atoms with Crippen LogP contribution in [0, 0.1) is 11.8 Å². The first-order valence-electron chi connectivity index (χ1n) is 5.74. The van der Waals surface area contributed by atoms with Gasteiger partial charge in [-0.15, -0.1) is 0 Å². The first kappa shape index (κ1) is 12.5. The molecule has 1 aliphatic heterocycles. The lowest BCUT2D eigenvalue weighted by Crippen LogP contribution is -2.23. The molecule has 1 heterocycles. The summed E-state index contributed by atoms with van der Waals surface area (Å²) in [4.78, 5) is 11.0. The second-order valence-corrected chi connectivity index (χ2v) is 4.26. The molecule has 0 bridgehead atoms. The molecule has 1 aliphatic rings. The van der Waals surface area contributed by atoms with Gasteiger partial charge in [0, 0.05) is 13.2 Å². The van der Waals surface area contributed by atoms with E-state index in [2.05, 4.69) is 0 Å². The molecule has 4 heteroatoms. The molecule has 1 fully saturated rings. The van der Waals surface area contributed by atoms with Gasteiger partial charge in [-0.1, -0.05) is 0 Å². The van der Waals surface area contributed by atoms with E-state index in [9.17, 15) is 4.79 Å². The average molecular weight is 215 g/mol. The lowest BCUT2D eigenvalue weighted by molar-refractivity contribution is -0.143. The molecule has 0 aliphatic carbocycles. The van der Waals surface area contributed by atoms with Crippen LogP contribution in [0.5, 0.6) is 0 Å². The van der Waals surface area contributed by atoms with Crippen molar-refractivity contribution >= 4 is 5.97 Å². The SMILES string of the molecule is NCCCC(CC1CCOCC1)C(=O)O. The normalized spacial score (nSPS) is 20.1. The Bertz CT molecular complexity index is 190. The van der Waals surface area contributed by atoms with E-state index in [1.165, 1.54) is 0 Å². The zero-order valence-electron chi connectivity index (χ0n) is 9.15. The number of ether oxygens (including phenoxy) is 1. The zero-order chi connectivity index (χ0) is 11.1. The summed E-state index contributed by atoms with van der Waals surface area (Å²) in [6.45, 7) is 2.15. The first-order chi connectivity index (χ1) is 7.24. The first-order valence-corrected chi connectivity index (χ1v) is 5.74. The van der Waals surface area contributed by atoms with Gasteiger partial charge in [-0.05, 0) is 44.6 Å². The largest absolute Gasteiger partial charge is 0.481 e. The van der Waals surface area contributed by atoms with Gasteiger partial charge in [0.15, 0.2) is 0 Å². The molecule has 1 atom stereocenters. The molecule has 0 amide bonds. The molecule has 0 aromatic heterocycles. The fraction of sp³-hybridized carbons (Fsp3) is 0.909. The van der Waals surface area contributed by atoms with Crippen LogP contribution < -0.4 is 5.73 Å². The quantitative estimate of drug-likeness (QED) is 0.699. The second kappa shape index (κ2) is 6.80. The van der Waals surface area contributed by atoms with Crippen molar-refractivity contribution in [2.45, 2.75) is 32.1 Å². The number of carboxylic acid groups (broad SMARTS) is 1. The highest BCUT2D eigenvalue weighted by molar-refractivity contribution is 5.69. The van der Waals surface area contributed by atoms with Crippen LogP contribution in [0.4, 0.5) is 0 Å². The maximum atomic E-state index is 11.0. The molecule has 3 N–H and O–H groups in total. The number of hydrogen-bond donors (Lipinski definition) is 2. The summed E-state index contributed by atoms with van der Waals surface area (Å²) in [5.41, 5.74) is 5.40. The molecule has 1 saturated heterocycles. The minimum atomic E-state index is -0.671. The van der Waals surface area contributed by atoms with E-state index in [0.29, 0.717) is 18.9 Å². The fourth-order valence-electron chi connectivity index (χ4n) is 2.09. The molecule has 4 nitrogen and oxygen atoms in total. The van der Waals surface area contributed by atoms with Gasteiger partial charge in [-0.3, -0.25) is 4.79 Å². The van der Waals surface area contributed by atoms with E-state index in [0.717, 1.165) is 38.9 Å². The van der Waals surface area contributed by atoms with Crippen LogP contribution in [-0.4, -0.2) is 30.8 Å². The van der Waals surface area contributed by atoms with Crippen LogP contribution in [0.1, 0.15) is 32.1 Å². The summed E-state index contributed by atoms with van der Waals surface area (Å²) in [5, 5.41) is 9.06. The van der Waals surface area contributed by atoms with Crippen LogP contribution >= 0.6 is 0 Å². The number of carbonyl (C=O) groups is 1. The minimum Gasteiger partial charge on any atom is -0.481 e. The number of aliphatic carboxylic acids is 1. The Morgan fingerprint density at radius 2 is 2.13 bits per heavy atom. The van der Waals surface area contributed by atoms with Crippen molar-refractivity contribution in [3.63, 3.8) is 0 Å². The molecule has 1 rings (SSSR count). The fourth-order valence-corrected chi connectivity index (χ4v) is 2.09. The van der Waals surface area contributed by atoms with Crippen molar-refractivity contribution in [3.8, 4) is 0 Å². The van der Waals surface area contributed by atoms with Crippen molar-refractivity contribution in [2.24, 2.45) is 17.6 Å². The Hall–Kier alpha value is -0.610. The Balaban J connectivity index is 2.31. The number of carboxylic acids is 1. The van der Waals surface area contributed by atoms with Crippen molar-refractivity contribution < 1.29 is 14.6 Å². The van der Waals surface area contributed by atoms with Gasteiger partial charge < -0.3 is 15.6 Å². The summed E-state index contributed by atoms with van der Waals surface area (Å²) in [5.74, 6) is -0.357. The van der Waals surface area contributed by atoms with Crippen LogP contribution in [-0.2, 0) is 9.53 Å². The topological polar surface area (TPSA) is 72.5 Å². The van der Waals surface area contributed by atoms with Crippen molar-refractivity contribution in [3.05, 3.63) is 0 Å². The second-order valence-electron chi connectivity index (χ2n) is 4.26. The highest BCUT2D eigenvalue weighted by Crippen LogP contribution is 2.25. The summed E-state index contributed by atoms with van der Waals surface area (Å²) in [6, 6.07) is 0. The van der Waals surface area contributed by atoms with Gasteiger partial charge in [0.05, 0.1) is 5.92 Å². The van der Waals surface area contributed by atoms with E-state index in [4.69, 9.17) is 15.6 Å². The van der Waals surface area contributed by atoms with Crippen LogP contribution in [0.15, 0.2) is 0 Å². The van der Waals surface area contributed by atoms with Crippen LogP contribution in [0.2, 0.25) is 0 Å². The van der Waals surface area contributed by atoms with Gasteiger partial charge in [0.1, 0.15) is 0 Å². The molecular formula is C11H21NO3. The van der Waals surface area contributed by atoms with Gasteiger partial charge in [0.2, 0.25) is 0 Å². The van der Waals surface area contributed by atoms with E-state index in [1.807, 2.05) is 0 Å². The van der Waals surface area contributed by atoms with E-state index in [1.54, 1.807) is 0 Å². The highest BCUT2D eigenvalue weighted by atomic mass is 16.5. The third-order valence-corrected chi connectivity index (χ3v) is 3.06. The van der Waals surface area contributed by atoms with Crippen LogP contribution in [0.3, 0.4) is 0 Å². The Kier molecular flexibility index (Phi) is 5.65. The molecule has 0 saturated carbocycles. The molecule has 0 aromatic rings. The molecule has 0 aromatic carbocycles. The highest BCUT2D eigenvalue weighted by Gasteiger charge is 2.23. The molecule has 88 valence electrons. The van der Waals surface area contributed by atoms with Crippen molar-refractivity contribution in [1.29, 1.82) is 0 Å². The predicted molar refractivity (Wildman–Crippen MR) is 57.6 cm³/mol. The van der Waals surface area contributed by atoms with E-state index < -0.39 is 5.97 Å². The maximum absolute atomic E-state index is 11.0. The number of nitrogens with two attached hydrogens (primary N) is 1. The van der Waals surface area contributed by atoms with Crippen molar-refractivity contribution in [1.82, 2.24) is 0 Å². The summed E-state index contributed by atoms with van der Waals surface area (Å²) in [7, 11) is 0. The lowest BCUT2D eigenvalue weighted by Gasteiger charge is -2.24. The third-order valence-electron chi connectivity index (χ3n) is 3.06. The van der Waals surface area contributed by atoms with Crippen LogP contribution in [0.25, 0.3) is 0 Å². The Morgan fingerprint density at radius 3 is 2.67 bits per heavy atom. The molecular weight excluding hydrogens is 194 g/mol. The standard InChI is InChI=1S/C11H21NO3/c12-5-1-2-10(11(13)14)8-9-3-6-15-7-4-9/h9-10H,1-8,12H2,(H,13,14). The van der Waals surface area contributed by atoms with Crippen molar-refractivity contribution in [2.75, 3.05) is 19.8 Å². The molecule has 15 heavy (non-hydrogen) atoms. The van der Waals surface area contributed by atoms with Gasteiger partial charge in [0.25, 0.3) is 0 Å². The van der Waals surface area contributed by atoms with E-state index in [-0.39, 0.29) is 5.92 Å². The molecule has 1 unspecified atom stereocenters. The molecule has 0 radical (unpaired) electrons. The summed E-state index contributed by atoms with van der Waals surface area (Å²) >= 11 is 0. The van der Waals surface area contributed by atoms with E-state index >= 15 is 0 Å². The smallest absolute Gasteiger partial charge is 0.306 e. The Labute approximate surface area is 90.8 Å². The monoisotopic (exact) mass is 215 g/mol. The molecule has 0 spiro atoms. The third kappa shape index (κ3) is 4.62. The Morgan fingerprint density at radius 1 is 1.47 bits per heavy atom. The maximum Gasteiger partial charge on any atom is 0.306 e. The predicted octanol–water partition coefficient (Wildman–Crippen LogP) is 1.24. The van der Waals surface area contributed by atoms with Gasteiger partial charge in [-0.25, -0.2) is 0 Å². The minimum absolute atomic E-state index is 0.211. The van der Waals surface area contributed by atoms with Gasteiger partial charge in [-0.2, -0.15) is 0 Å². The van der Waals surface area contributed by atoms with Gasteiger partial charge >= 0.3 is 5.97 Å². The lowest BCUT2D eigenvalue weighted by atomic mass is 9.86.